The summed E-state index contributed by atoms with van der Waals surface area (Å²) in [6.45, 7) is 3.46. The Balaban J connectivity index is 1.31. The van der Waals surface area contributed by atoms with Crippen molar-refractivity contribution in [1.82, 2.24) is 9.80 Å². The summed E-state index contributed by atoms with van der Waals surface area (Å²) in [6.07, 6.45) is 0.897. The molecule has 3 fully saturated rings. The van der Waals surface area contributed by atoms with Crippen LogP contribution in [0.25, 0.3) is 0 Å². The molecule has 8 nitrogen and oxygen atoms in total. The van der Waals surface area contributed by atoms with Crippen molar-refractivity contribution >= 4 is 23.2 Å². The van der Waals surface area contributed by atoms with Crippen LogP contribution in [0.2, 0.25) is 0 Å². The van der Waals surface area contributed by atoms with Crippen LogP contribution in [0.4, 0.5) is 24.5 Å². The van der Waals surface area contributed by atoms with E-state index < -0.39 is 22.4 Å². The summed E-state index contributed by atoms with van der Waals surface area (Å²) in [5.74, 6) is -0.00741. The van der Waals surface area contributed by atoms with Gasteiger partial charge in [-0.1, -0.05) is 0 Å². The van der Waals surface area contributed by atoms with Gasteiger partial charge in [-0.15, -0.1) is 0 Å². The second-order valence-electron chi connectivity index (χ2n) is 9.71. The van der Waals surface area contributed by atoms with Crippen molar-refractivity contribution in [1.29, 1.82) is 0 Å². The standard InChI is InChI=1S/C24H31F3N4O4/c25-24(26,27)19-4-5-20(21(16-19)31(34)35)28-12-6-17(7-13-28)23(33)30-14-8-18(9-15-30)22(32)29-10-2-1-3-11-29/h4-5,16-18H,1-3,6-15H2. The summed E-state index contributed by atoms with van der Waals surface area (Å²) in [6, 6.07) is 2.57. The van der Waals surface area contributed by atoms with Gasteiger partial charge >= 0.3 is 6.18 Å². The average Bonchev–Trinajstić information content (AvgIpc) is 2.87. The molecule has 3 aliphatic rings. The maximum atomic E-state index is 13.1. The topological polar surface area (TPSA) is 87.0 Å². The van der Waals surface area contributed by atoms with E-state index in [0.717, 1.165) is 38.1 Å². The van der Waals surface area contributed by atoms with Gasteiger partial charge in [0.1, 0.15) is 5.69 Å². The molecule has 11 heteroatoms. The highest BCUT2D eigenvalue weighted by Crippen LogP contribution is 2.38. The number of nitrogens with zero attached hydrogens (tertiary/aromatic N) is 4. The number of hydrogen-bond acceptors (Lipinski definition) is 5. The van der Waals surface area contributed by atoms with Gasteiger partial charge in [-0.3, -0.25) is 19.7 Å². The van der Waals surface area contributed by atoms with Crippen LogP contribution in [-0.2, 0) is 15.8 Å². The number of anilines is 1. The predicted molar refractivity (Wildman–Crippen MR) is 123 cm³/mol. The highest BCUT2D eigenvalue weighted by molar-refractivity contribution is 5.81. The Kier molecular flexibility index (Phi) is 7.51. The van der Waals surface area contributed by atoms with Crippen molar-refractivity contribution < 1.29 is 27.7 Å². The van der Waals surface area contributed by atoms with Crippen LogP contribution < -0.4 is 4.90 Å². The Morgan fingerprint density at radius 1 is 0.829 bits per heavy atom. The van der Waals surface area contributed by atoms with E-state index in [1.807, 2.05) is 9.80 Å². The van der Waals surface area contributed by atoms with Gasteiger partial charge in [-0.05, 0) is 57.1 Å². The average molecular weight is 497 g/mol. The Labute approximate surface area is 202 Å². The molecule has 3 heterocycles. The molecule has 35 heavy (non-hydrogen) atoms. The van der Waals surface area contributed by atoms with E-state index in [1.54, 1.807) is 4.90 Å². The molecular weight excluding hydrogens is 465 g/mol. The number of rotatable bonds is 4. The monoisotopic (exact) mass is 496 g/mol. The van der Waals surface area contributed by atoms with Crippen molar-refractivity contribution in [3.63, 3.8) is 0 Å². The normalized spacial score (nSPS) is 20.7. The SMILES string of the molecule is O=C(C1CCN(C(=O)C2CCN(c3ccc(C(F)(F)F)cc3[N+](=O)[O-])CC2)CC1)N1CCCCC1. The highest BCUT2D eigenvalue weighted by Gasteiger charge is 2.37. The van der Waals surface area contributed by atoms with Crippen LogP contribution >= 0.6 is 0 Å². The van der Waals surface area contributed by atoms with Crippen LogP contribution in [0.1, 0.15) is 50.5 Å². The van der Waals surface area contributed by atoms with Crippen LogP contribution in [-0.4, -0.2) is 65.8 Å². The third kappa shape index (κ3) is 5.70. The lowest BCUT2D eigenvalue weighted by molar-refractivity contribution is -0.384. The molecule has 3 aliphatic heterocycles. The van der Waals surface area contributed by atoms with Gasteiger partial charge in [0, 0.05) is 57.2 Å². The number of halogens is 3. The number of amides is 2. The van der Waals surface area contributed by atoms with Crippen molar-refractivity contribution in [3.8, 4) is 0 Å². The molecule has 2 amide bonds. The number of likely N-dealkylation sites (tertiary alicyclic amines) is 2. The minimum atomic E-state index is -4.66. The van der Waals surface area contributed by atoms with Gasteiger partial charge < -0.3 is 14.7 Å². The number of nitro groups is 1. The van der Waals surface area contributed by atoms with Crippen LogP contribution in [0.5, 0.6) is 0 Å². The van der Waals surface area contributed by atoms with Gasteiger partial charge in [-0.2, -0.15) is 13.2 Å². The third-order valence-electron chi connectivity index (χ3n) is 7.51. The van der Waals surface area contributed by atoms with Crippen LogP contribution in [0.3, 0.4) is 0 Å². The third-order valence-corrected chi connectivity index (χ3v) is 7.51. The maximum absolute atomic E-state index is 13.1. The van der Waals surface area contributed by atoms with E-state index in [2.05, 4.69) is 0 Å². The summed E-state index contributed by atoms with van der Waals surface area (Å²) in [7, 11) is 0. The number of nitro benzene ring substituents is 1. The zero-order chi connectivity index (χ0) is 25.2. The number of carbonyl (C=O) groups excluding carboxylic acids is 2. The molecule has 1 aromatic carbocycles. The van der Waals surface area contributed by atoms with E-state index in [1.165, 1.54) is 6.42 Å². The first-order valence-electron chi connectivity index (χ1n) is 12.3. The van der Waals surface area contributed by atoms with E-state index in [-0.39, 0.29) is 29.3 Å². The van der Waals surface area contributed by atoms with Crippen molar-refractivity contribution in [2.24, 2.45) is 11.8 Å². The molecule has 192 valence electrons. The summed E-state index contributed by atoms with van der Waals surface area (Å²) in [5, 5.41) is 11.4. The molecule has 0 spiro atoms. The molecule has 0 saturated carbocycles. The van der Waals surface area contributed by atoms with E-state index in [4.69, 9.17) is 0 Å². The van der Waals surface area contributed by atoms with Crippen molar-refractivity contribution in [2.45, 2.75) is 51.1 Å². The second-order valence-corrected chi connectivity index (χ2v) is 9.71. The largest absolute Gasteiger partial charge is 0.416 e. The number of carbonyl (C=O) groups is 2. The number of hydrogen-bond donors (Lipinski definition) is 0. The molecule has 0 aromatic heterocycles. The van der Waals surface area contributed by atoms with Gasteiger partial charge in [0.2, 0.25) is 11.8 Å². The lowest BCUT2D eigenvalue weighted by Crippen LogP contribution is -2.48. The first kappa shape index (κ1) is 25.2. The molecular formula is C24H31F3N4O4. The Morgan fingerprint density at radius 2 is 1.34 bits per heavy atom. The molecule has 4 rings (SSSR count). The van der Waals surface area contributed by atoms with E-state index in [9.17, 15) is 32.9 Å². The predicted octanol–water partition coefficient (Wildman–Crippen LogP) is 4.08. The fourth-order valence-corrected chi connectivity index (χ4v) is 5.46. The number of alkyl halides is 3. The molecule has 0 aliphatic carbocycles. The van der Waals surface area contributed by atoms with Gasteiger partial charge in [0.05, 0.1) is 10.5 Å². The zero-order valence-electron chi connectivity index (χ0n) is 19.6. The Bertz CT molecular complexity index is 949. The highest BCUT2D eigenvalue weighted by atomic mass is 19.4. The maximum Gasteiger partial charge on any atom is 0.416 e. The molecule has 0 atom stereocenters. The number of benzene rings is 1. The fraction of sp³-hybridized carbons (Fsp3) is 0.667. The van der Waals surface area contributed by atoms with E-state index in [0.29, 0.717) is 57.9 Å². The Hall–Kier alpha value is -2.85. The van der Waals surface area contributed by atoms with Crippen molar-refractivity contribution in [3.05, 3.63) is 33.9 Å². The number of piperidine rings is 3. The Morgan fingerprint density at radius 3 is 1.86 bits per heavy atom. The van der Waals surface area contributed by atoms with Crippen LogP contribution in [0, 0.1) is 22.0 Å². The summed E-state index contributed by atoms with van der Waals surface area (Å²) < 4.78 is 39.0. The summed E-state index contributed by atoms with van der Waals surface area (Å²) in [5.41, 5.74) is -1.49. The van der Waals surface area contributed by atoms with Gasteiger partial charge in [0.15, 0.2) is 0 Å². The van der Waals surface area contributed by atoms with E-state index >= 15 is 0 Å². The van der Waals surface area contributed by atoms with Gasteiger partial charge in [0.25, 0.3) is 5.69 Å². The molecule has 3 saturated heterocycles. The molecule has 0 bridgehead atoms. The molecule has 0 unspecified atom stereocenters. The second kappa shape index (κ2) is 10.4. The lowest BCUT2D eigenvalue weighted by atomic mass is 9.91. The first-order valence-corrected chi connectivity index (χ1v) is 12.3. The summed E-state index contributed by atoms with van der Waals surface area (Å²) >= 11 is 0. The quantitative estimate of drug-likeness (QED) is 0.463. The zero-order valence-corrected chi connectivity index (χ0v) is 19.6. The minimum Gasteiger partial charge on any atom is -0.366 e. The smallest absolute Gasteiger partial charge is 0.366 e. The molecule has 0 radical (unpaired) electrons. The first-order chi connectivity index (χ1) is 16.6. The fourth-order valence-electron chi connectivity index (χ4n) is 5.46. The summed E-state index contributed by atoms with van der Waals surface area (Å²) in [4.78, 5) is 41.9. The van der Waals surface area contributed by atoms with Gasteiger partial charge in [-0.25, -0.2) is 0 Å². The van der Waals surface area contributed by atoms with Crippen LogP contribution in [0.15, 0.2) is 18.2 Å². The molecule has 1 aromatic rings. The van der Waals surface area contributed by atoms with Crippen molar-refractivity contribution in [2.75, 3.05) is 44.2 Å². The lowest BCUT2D eigenvalue weighted by Gasteiger charge is -2.38. The molecule has 0 N–H and O–H groups in total. The minimum absolute atomic E-state index is 0.0285.